The molecule has 4 aromatic carbocycles. The minimum atomic E-state index is -0.252. The highest BCUT2D eigenvalue weighted by molar-refractivity contribution is 9.10. The minimum Gasteiger partial charge on any atom is -0.488 e. The summed E-state index contributed by atoms with van der Waals surface area (Å²) in [5, 5.41) is 2.08. The molecule has 0 unspecified atom stereocenters. The monoisotopic (exact) mass is 557 g/mol. The maximum Gasteiger partial charge on any atom is 0.293 e. The van der Waals surface area contributed by atoms with Crippen molar-refractivity contribution in [3.8, 4) is 5.75 Å². The van der Waals surface area contributed by atoms with E-state index in [9.17, 15) is 9.59 Å². The Labute approximate surface area is 223 Å². The van der Waals surface area contributed by atoms with Crippen LogP contribution in [0.3, 0.4) is 0 Å². The molecule has 4 aromatic rings. The number of imide groups is 1. The molecule has 1 aliphatic rings. The van der Waals surface area contributed by atoms with Crippen molar-refractivity contribution >= 4 is 55.7 Å². The van der Waals surface area contributed by atoms with E-state index in [1.54, 1.807) is 6.08 Å². The van der Waals surface area contributed by atoms with Gasteiger partial charge < -0.3 is 4.74 Å². The summed E-state index contributed by atoms with van der Waals surface area (Å²) in [6, 6.07) is 30.2. The number of hydrogen-bond donors (Lipinski definition) is 0. The number of fused-ring (bicyclic) bond motifs is 1. The molecule has 180 valence electrons. The van der Waals surface area contributed by atoms with E-state index in [0.29, 0.717) is 23.8 Å². The van der Waals surface area contributed by atoms with E-state index in [-0.39, 0.29) is 11.1 Å². The molecular formula is C30H24BrNO3S. The van der Waals surface area contributed by atoms with E-state index in [4.69, 9.17) is 4.74 Å². The minimum absolute atomic E-state index is 0.229. The van der Waals surface area contributed by atoms with Crippen LogP contribution in [0.25, 0.3) is 16.8 Å². The average molecular weight is 558 g/mol. The second-order valence-electron chi connectivity index (χ2n) is 8.53. The van der Waals surface area contributed by atoms with Crippen molar-refractivity contribution in [3.05, 3.63) is 117 Å². The largest absolute Gasteiger partial charge is 0.488 e. The first-order valence-electron chi connectivity index (χ1n) is 11.8. The number of aryl methyl sites for hydroxylation is 1. The van der Waals surface area contributed by atoms with Crippen molar-refractivity contribution in [3.63, 3.8) is 0 Å². The van der Waals surface area contributed by atoms with Crippen LogP contribution >= 0.6 is 27.7 Å². The number of amides is 2. The Morgan fingerprint density at radius 3 is 2.53 bits per heavy atom. The first-order valence-corrected chi connectivity index (χ1v) is 13.4. The van der Waals surface area contributed by atoms with Crippen LogP contribution in [0, 0.1) is 0 Å². The van der Waals surface area contributed by atoms with Crippen LogP contribution < -0.4 is 4.74 Å². The van der Waals surface area contributed by atoms with Gasteiger partial charge in [-0.05, 0) is 70.8 Å². The van der Waals surface area contributed by atoms with Gasteiger partial charge >= 0.3 is 0 Å². The zero-order valence-corrected chi connectivity index (χ0v) is 21.9. The van der Waals surface area contributed by atoms with Crippen molar-refractivity contribution < 1.29 is 14.3 Å². The van der Waals surface area contributed by atoms with E-state index >= 15 is 0 Å². The lowest BCUT2D eigenvalue weighted by atomic mass is 10.1. The Bertz CT molecular complexity index is 1450. The van der Waals surface area contributed by atoms with Gasteiger partial charge in [0.05, 0.1) is 4.91 Å². The fraction of sp³-hybridized carbons (Fsp3) is 0.133. The van der Waals surface area contributed by atoms with E-state index in [2.05, 4.69) is 52.3 Å². The summed E-state index contributed by atoms with van der Waals surface area (Å²) in [5.74, 6) is 0.403. The maximum atomic E-state index is 13.0. The fourth-order valence-corrected chi connectivity index (χ4v) is 5.49. The maximum absolute atomic E-state index is 13.0. The zero-order chi connectivity index (χ0) is 24.9. The molecule has 1 heterocycles. The quantitative estimate of drug-likeness (QED) is 0.207. The standard InChI is InChI=1S/C30H24BrNO3S/c31-25-15-16-27(35-20-23-13-6-12-22-11-4-5-14-26(22)23)24(18-25)19-28-29(33)32(30(34)36-28)17-7-10-21-8-2-1-3-9-21/h1-6,8-9,11-16,18-19H,7,10,17,20H2/b28-19+. The van der Waals surface area contributed by atoms with Crippen molar-refractivity contribution in [1.82, 2.24) is 4.90 Å². The van der Waals surface area contributed by atoms with Gasteiger partial charge in [-0.25, -0.2) is 0 Å². The Balaban J connectivity index is 1.31. The highest BCUT2D eigenvalue weighted by Crippen LogP contribution is 2.35. The summed E-state index contributed by atoms with van der Waals surface area (Å²) in [7, 11) is 0. The Kier molecular flexibility index (Phi) is 7.54. The van der Waals surface area contributed by atoms with E-state index < -0.39 is 0 Å². The van der Waals surface area contributed by atoms with Gasteiger partial charge in [0, 0.05) is 16.6 Å². The third kappa shape index (κ3) is 5.55. The van der Waals surface area contributed by atoms with Crippen LogP contribution in [-0.2, 0) is 17.8 Å². The molecule has 5 rings (SSSR count). The van der Waals surface area contributed by atoms with Crippen LogP contribution in [0.2, 0.25) is 0 Å². The molecular weight excluding hydrogens is 534 g/mol. The normalized spacial score (nSPS) is 14.7. The van der Waals surface area contributed by atoms with Gasteiger partial charge in [0.25, 0.3) is 11.1 Å². The average Bonchev–Trinajstić information content (AvgIpc) is 3.16. The molecule has 0 aromatic heterocycles. The number of rotatable bonds is 8. The van der Waals surface area contributed by atoms with Gasteiger partial charge in [0.1, 0.15) is 12.4 Å². The van der Waals surface area contributed by atoms with Gasteiger partial charge in [-0.15, -0.1) is 0 Å². The van der Waals surface area contributed by atoms with Crippen molar-refractivity contribution in [2.24, 2.45) is 0 Å². The number of thioether (sulfide) groups is 1. The van der Waals surface area contributed by atoms with E-state index in [0.717, 1.165) is 51.0 Å². The van der Waals surface area contributed by atoms with Crippen LogP contribution in [0.1, 0.15) is 23.1 Å². The van der Waals surface area contributed by atoms with Gasteiger partial charge in [0.2, 0.25) is 0 Å². The number of nitrogens with zero attached hydrogens (tertiary/aromatic N) is 1. The van der Waals surface area contributed by atoms with Gasteiger partial charge in [0.15, 0.2) is 0 Å². The SMILES string of the molecule is O=C1S/C(=C/c2cc(Br)ccc2OCc2cccc3ccccc23)C(=O)N1CCCc1ccccc1. The fourth-order valence-electron chi connectivity index (χ4n) is 4.26. The predicted octanol–water partition coefficient (Wildman–Crippen LogP) is 7.85. The third-order valence-electron chi connectivity index (χ3n) is 6.09. The molecule has 0 saturated carbocycles. The molecule has 4 nitrogen and oxygen atoms in total. The summed E-state index contributed by atoms with van der Waals surface area (Å²) in [6.07, 6.45) is 3.30. The highest BCUT2D eigenvalue weighted by atomic mass is 79.9. The summed E-state index contributed by atoms with van der Waals surface area (Å²) in [4.78, 5) is 27.4. The molecule has 36 heavy (non-hydrogen) atoms. The van der Waals surface area contributed by atoms with Gasteiger partial charge in [-0.2, -0.15) is 0 Å². The molecule has 0 bridgehead atoms. The molecule has 0 radical (unpaired) electrons. The molecule has 6 heteroatoms. The second-order valence-corrected chi connectivity index (χ2v) is 10.4. The number of carbonyl (C=O) groups excluding carboxylic acids is 2. The summed E-state index contributed by atoms with van der Waals surface area (Å²) >= 11 is 4.50. The Hall–Kier alpha value is -3.35. The number of halogens is 1. The smallest absolute Gasteiger partial charge is 0.293 e. The molecule has 1 fully saturated rings. The topological polar surface area (TPSA) is 46.6 Å². The molecule has 0 N–H and O–H groups in total. The Morgan fingerprint density at radius 2 is 1.67 bits per heavy atom. The molecule has 0 atom stereocenters. The van der Waals surface area contributed by atoms with Crippen molar-refractivity contribution in [1.29, 1.82) is 0 Å². The molecule has 1 saturated heterocycles. The highest BCUT2D eigenvalue weighted by Gasteiger charge is 2.34. The van der Waals surface area contributed by atoms with Crippen LogP contribution in [0.5, 0.6) is 5.75 Å². The predicted molar refractivity (Wildman–Crippen MR) is 150 cm³/mol. The zero-order valence-electron chi connectivity index (χ0n) is 19.5. The number of carbonyl (C=O) groups is 2. The second kappa shape index (κ2) is 11.1. The molecule has 0 spiro atoms. The summed E-state index contributed by atoms with van der Waals surface area (Å²) in [6.45, 7) is 0.796. The number of ether oxygens (including phenoxy) is 1. The molecule has 0 aliphatic carbocycles. The summed E-state index contributed by atoms with van der Waals surface area (Å²) < 4.78 is 7.08. The first-order chi connectivity index (χ1) is 17.6. The first kappa shape index (κ1) is 24.3. The lowest BCUT2D eigenvalue weighted by Gasteiger charge is -2.13. The van der Waals surface area contributed by atoms with Crippen molar-refractivity contribution in [2.75, 3.05) is 6.54 Å². The molecule has 1 aliphatic heterocycles. The van der Waals surface area contributed by atoms with Crippen molar-refractivity contribution in [2.45, 2.75) is 19.4 Å². The number of hydrogen-bond acceptors (Lipinski definition) is 4. The number of benzene rings is 4. The van der Waals surface area contributed by atoms with Gasteiger partial charge in [-0.1, -0.05) is 88.7 Å². The van der Waals surface area contributed by atoms with Crippen LogP contribution in [0.4, 0.5) is 4.79 Å². The summed E-state index contributed by atoms with van der Waals surface area (Å²) in [5.41, 5.74) is 3.03. The van der Waals surface area contributed by atoms with E-state index in [1.807, 2.05) is 54.6 Å². The van der Waals surface area contributed by atoms with Crippen LogP contribution in [0.15, 0.2) is 100 Å². The third-order valence-corrected chi connectivity index (χ3v) is 7.49. The lowest BCUT2D eigenvalue weighted by Crippen LogP contribution is -2.29. The van der Waals surface area contributed by atoms with Crippen LogP contribution in [-0.4, -0.2) is 22.6 Å². The van der Waals surface area contributed by atoms with Gasteiger partial charge in [-0.3, -0.25) is 14.5 Å². The molecule has 2 amide bonds. The lowest BCUT2D eigenvalue weighted by molar-refractivity contribution is -0.122. The van der Waals surface area contributed by atoms with E-state index in [1.165, 1.54) is 10.5 Å². The Morgan fingerprint density at radius 1 is 0.889 bits per heavy atom.